The van der Waals surface area contributed by atoms with Gasteiger partial charge >= 0.3 is 12.2 Å². The lowest BCUT2D eigenvalue weighted by atomic mass is 10.1. The number of pyridine rings is 1. The van der Waals surface area contributed by atoms with Crippen molar-refractivity contribution in [3.8, 4) is 0 Å². The van der Waals surface area contributed by atoms with E-state index < -0.39 is 17.6 Å². The van der Waals surface area contributed by atoms with Gasteiger partial charge in [0.2, 0.25) is 5.95 Å². The maximum Gasteiger partial charge on any atom is 0.416 e. The van der Waals surface area contributed by atoms with Crippen LogP contribution in [0.4, 0.5) is 46.8 Å². The van der Waals surface area contributed by atoms with Crippen LogP contribution >= 0.6 is 0 Å². The third kappa shape index (κ3) is 5.28. The zero-order chi connectivity index (χ0) is 28.6. The minimum atomic E-state index is -4.57. The summed E-state index contributed by atoms with van der Waals surface area (Å²) in [4.78, 5) is 42.3. The molecule has 5 rings (SSSR count). The highest BCUT2D eigenvalue weighted by Crippen LogP contribution is 2.34. The van der Waals surface area contributed by atoms with Crippen molar-refractivity contribution in [1.82, 2.24) is 15.0 Å². The number of aromatic nitrogens is 3. The van der Waals surface area contributed by atoms with Gasteiger partial charge in [-0.15, -0.1) is 0 Å². The first-order chi connectivity index (χ1) is 19.0. The van der Waals surface area contributed by atoms with Crippen molar-refractivity contribution in [1.29, 1.82) is 0 Å². The predicted molar refractivity (Wildman–Crippen MR) is 145 cm³/mol. The summed E-state index contributed by atoms with van der Waals surface area (Å²) in [7, 11) is 1.61. The standard InChI is InChI=1S/C28H24F3N7O2/c1-16-9-10-21(34-25(39)18-6-4-7-20(12-18)28(29,30)31)13-23(16)38-15-19-14-33-26(36-24(19)37(3)27(38)40)35-22-8-5-11-32-17(22)2/h4-14H,15H2,1-3H3,(H,34,39)(H,33,35,36). The predicted octanol–water partition coefficient (Wildman–Crippen LogP) is 6.08. The SMILES string of the molecule is Cc1ccc(NC(=O)c2cccc(C(F)(F)F)c2)cc1N1Cc2cnc(Nc3cccnc3C)nc2N(C)C1=O. The van der Waals surface area contributed by atoms with Gasteiger partial charge in [0, 0.05) is 36.3 Å². The molecule has 9 nitrogen and oxygen atoms in total. The van der Waals surface area contributed by atoms with E-state index in [9.17, 15) is 22.8 Å². The topological polar surface area (TPSA) is 103 Å². The van der Waals surface area contributed by atoms with E-state index in [0.717, 1.165) is 29.1 Å². The molecule has 0 unspecified atom stereocenters. The second-order valence-electron chi connectivity index (χ2n) is 9.27. The Bertz CT molecular complexity index is 1620. The molecule has 0 fully saturated rings. The second kappa shape index (κ2) is 10.3. The van der Waals surface area contributed by atoms with Crippen molar-refractivity contribution in [2.45, 2.75) is 26.6 Å². The lowest BCUT2D eigenvalue weighted by Gasteiger charge is -2.35. The number of urea groups is 1. The van der Waals surface area contributed by atoms with Crippen molar-refractivity contribution in [2.75, 3.05) is 27.5 Å². The number of hydrogen-bond donors (Lipinski definition) is 2. The first-order valence-corrected chi connectivity index (χ1v) is 12.2. The van der Waals surface area contributed by atoms with Gasteiger partial charge in [-0.1, -0.05) is 12.1 Å². The second-order valence-corrected chi connectivity index (χ2v) is 9.27. The number of carbonyl (C=O) groups excluding carboxylic acids is 2. The van der Waals surface area contributed by atoms with Crippen molar-refractivity contribution < 1.29 is 22.8 Å². The molecule has 4 aromatic rings. The fourth-order valence-electron chi connectivity index (χ4n) is 4.31. The summed E-state index contributed by atoms with van der Waals surface area (Å²) in [6.45, 7) is 3.85. The molecule has 0 saturated carbocycles. The van der Waals surface area contributed by atoms with Gasteiger partial charge in [-0.3, -0.25) is 19.6 Å². The molecule has 0 radical (unpaired) electrons. The molecule has 1 aliphatic heterocycles. The summed E-state index contributed by atoms with van der Waals surface area (Å²) in [5, 5.41) is 5.75. The maximum atomic E-state index is 13.4. The zero-order valence-electron chi connectivity index (χ0n) is 21.7. The van der Waals surface area contributed by atoms with Gasteiger partial charge in [0.1, 0.15) is 5.82 Å². The Labute approximate surface area is 227 Å². The summed E-state index contributed by atoms with van der Waals surface area (Å²) < 4.78 is 39.3. The highest BCUT2D eigenvalue weighted by molar-refractivity contribution is 6.07. The van der Waals surface area contributed by atoms with Gasteiger partial charge < -0.3 is 10.6 Å². The first-order valence-electron chi connectivity index (χ1n) is 12.2. The molecule has 2 aromatic heterocycles. The monoisotopic (exact) mass is 547 g/mol. The zero-order valence-corrected chi connectivity index (χ0v) is 21.7. The number of rotatable bonds is 5. The molecule has 0 saturated heterocycles. The van der Waals surface area contributed by atoms with Crippen molar-refractivity contribution >= 4 is 40.8 Å². The Kier molecular flexibility index (Phi) is 6.84. The van der Waals surface area contributed by atoms with E-state index in [2.05, 4.69) is 25.6 Å². The Hall–Kier alpha value is -5.00. The van der Waals surface area contributed by atoms with Gasteiger partial charge in [-0.2, -0.15) is 18.2 Å². The van der Waals surface area contributed by atoms with Crippen LogP contribution in [0.25, 0.3) is 0 Å². The molecule has 2 aromatic carbocycles. The van der Waals surface area contributed by atoms with Crippen LogP contribution < -0.4 is 20.4 Å². The van der Waals surface area contributed by atoms with Crippen LogP contribution in [-0.4, -0.2) is 33.9 Å². The Morgan fingerprint density at radius 2 is 1.82 bits per heavy atom. The minimum Gasteiger partial charge on any atom is -0.323 e. The fraction of sp³-hybridized carbons (Fsp3) is 0.179. The average Bonchev–Trinajstić information content (AvgIpc) is 2.93. The van der Waals surface area contributed by atoms with Crippen LogP contribution in [0.2, 0.25) is 0 Å². The molecule has 0 aliphatic carbocycles. The Balaban J connectivity index is 1.38. The molecule has 3 heterocycles. The molecule has 40 heavy (non-hydrogen) atoms. The number of hydrogen-bond acceptors (Lipinski definition) is 6. The molecular weight excluding hydrogens is 523 g/mol. The highest BCUT2D eigenvalue weighted by Gasteiger charge is 2.32. The van der Waals surface area contributed by atoms with Crippen LogP contribution in [0.1, 0.15) is 32.7 Å². The van der Waals surface area contributed by atoms with E-state index in [1.165, 1.54) is 21.9 Å². The third-order valence-electron chi connectivity index (χ3n) is 6.47. The summed E-state index contributed by atoms with van der Waals surface area (Å²) in [5.41, 5.74) is 2.78. The summed E-state index contributed by atoms with van der Waals surface area (Å²) in [6.07, 6.45) is -1.24. The number of halogens is 3. The van der Waals surface area contributed by atoms with Crippen LogP contribution in [0.3, 0.4) is 0 Å². The fourth-order valence-corrected chi connectivity index (χ4v) is 4.31. The molecule has 0 bridgehead atoms. The van der Waals surface area contributed by atoms with Gasteiger partial charge in [-0.25, -0.2) is 9.78 Å². The first kappa shape index (κ1) is 26.6. The van der Waals surface area contributed by atoms with Crippen molar-refractivity contribution in [3.63, 3.8) is 0 Å². The van der Waals surface area contributed by atoms with Crippen LogP contribution in [-0.2, 0) is 12.7 Å². The smallest absolute Gasteiger partial charge is 0.323 e. The lowest BCUT2D eigenvalue weighted by molar-refractivity contribution is -0.137. The van der Waals surface area contributed by atoms with Crippen LogP contribution in [0, 0.1) is 13.8 Å². The van der Waals surface area contributed by atoms with Crippen LogP contribution in [0.15, 0.2) is 67.0 Å². The summed E-state index contributed by atoms with van der Waals surface area (Å²) >= 11 is 0. The lowest BCUT2D eigenvalue weighted by Crippen LogP contribution is -2.46. The molecule has 3 amide bonds. The number of fused-ring (bicyclic) bond motifs is 1. The Morgan fingerprint density at radius 1 is 1.02 bits per heavy atom. The van der Waals surface area contributed by atoms with E-state index in [-0.39, 0.29) is 18.1 Å². The normalized spacial score (nSPS) is 13.2. The maximum absolute atomic E-state index is 13.4. The van der Waals surface area contributed by atoms with Gasteiger partial charge in [0.25, 0.3) is 5.91 Å². The molecule has 0 atom stereocenters. The number of alkyl halides is 3. The number of nitrogens with zero attached hydrogens (tertiary/aromatic N) is 5. The van der Waals surface area contributed by atoms with Gasteiger partial charge in [-0.05, 0) is 61.9 Å². The molecule has 0 spiro atoms. The Morgan fingerprint density at radius 3 is 2.58 bits per heavy atom. The van der Waals surface area contributed by atoms with E-state index in [4.69, 9.17) is 0 Å². The number of anilines is 5. The molecule has 12 heteroatoms. The van der Waals surface area contributed by atoms with E-state index in [1.54, 1.807) is 43.7 Å². The van der Waals surface area contributed by atoms with Crippen molar-refractivity contribution in [3.05, 3.63) is 94.9 Å². The number of amides is 3. The number of benzene rings is 2. The highest BCUT2D eigenvalue weighted by atomic mass is 19.4. The molecular formula is C28H24F3N7O2. The van der Waals surface area contributed by atoms with Gasteiger partial charge in [0.05, 0.1) is 29.2 Å². The number of aryl methyl sites for hydroxylation is 2. The quantitative estimate of drug-likeness (QED) is 0.314. The van der Waals surface area contributed by atoms with E-state index in [1.807, 2.05) is 19.9 Å². The number of carbonyl (C=O) groups is 2. The molecule has 2 N–H and O–H groups in total. The average molecular weight is 548 g/mol. The van der Waals surface area contributed by atoms with E-state index >= 15 is 0 Å². The molecule has 204 valence electrons. The molecule has 1 aliphatic rings. The largest absolute Gasteiger partial charge is 0.416 e. The third-order valence-corrected chi connectivity index (χ3v) is 6.47. The minimum absolute atomic E-state index is 0.136. The van der Waals surface area contributed by atoms with Gasteiger partial charge in [0.15, 0.2) is 0 Å². The summed E-state index contributed by atoms with van der Waals surface area (Å²) in [6, 6.07) is 12.4. The number of nitrogens with one attached hydrogen (secondary N) is 2. The van der Waals surface area contributed by atoms with Crippen LogP contribution in [0.5, 0.6) is 0 Å². The van der Waals surface area contributed by atoms with Crippen molar-refractivity contribution in [2.24, 2.45) is 0 Å². The van der Waals surface area contributed by atoms with E-state index in [0.29, 0.717) is 28.7 Å². The summed E-state index contributed by atoms with van der Waals surface area (Å²) in [5.74, 6) is 0.0657.